The van der Waals surface area contributed by atoms with Crippen LogP contribution in [0.2, 0.25) is 5.15 Å². The number of nitrogens with one attached hydrogen (secondary N) is 2. The fraction of sp³-hybridized carbons (Fsp3) is 0.125. The maximum absolute atomic E-state index is 12.1. The van der Waals surface area contributed by atoms with Crippen LogP contribution in [0.15, 0.2) is 36.4 Å². The summed E-state index contributed by atoms with van der Waals surface area (Å²) in [6.07, 6.45) is 0. The van der Waals surface area contributed by atoms with Crippen molar-refractivity contribution in [2.45, 2.75) is 6.54 Å². The Morgan fingerprint density at radius 3 is 2.24 bits per heavy atom. The molecule has 1 aromatic heterocycles. The van der Waals surface area contributed by atoms with Crippen molar-refractivity contribution in [2.24, 2.45) is 5.73 Å². The molecule has 8 nitrogen and oxygen atoms in total. The molecule has 9 heteroatoms. The first-order valence-electron chi connectivity index (χ1n) is 7.22. The second-order valence-electron chi connectivity index (χ2n) is 5.13. The van der Waals surface area contributed by atoms with Crippen molar-refractivity contribution in [1.82, 2.24) is 15.6 Å². The van der Waals surface area contributed by atoms with Crippen molar-refractivity contribution >= 4 is 35.1 Å². The Labute approximate surface area is 148 Å². The van der Waals surface area contributed by atoms with Crippen LogP contribution in [0.4, 0.5) is 5.82 Å². The van der Waals surface area contributed by atoms with Crippen LogP contribution in [0.5, 0.6) is 0 Å². The number of nitrogens with zero attached hydrogens (tertiary/aromatic N) is 1. The summed E-state index contributed by atoms with van der Waals surface area (Å²) in [4.78, 5) is 38.3. The minimum Gasteiger partial charge on any atom is -0.384 e. The van der Waals surface area contributed by atoms with E-state index in [0.717, 1.165) is 5.56 Å². The van der Waals surface area contributed by atoms with Gasteiger partial charge in [0.25, 0.3) is 11.8 Å². The van der Waals surface area contributed by atoms with Crippen molar-refractivity contribution in [1.29, 1.82) is 0 Å². The number of halogens is 1. The Bertz CT molecular complexity index is 788. The van der Waals surface area contributed by atoms with Crippen LogP contribution in [-0.2, 0) is 11.3 Å². The van der Waals surface area contributed by atoms with Gasteiger partial charge in [0.1, 0.15) is 11.0 Å². The zero-order valence-electron chi connectivity index (χ0n) is 13.1. The largest absolute Gasteiger partial charge is 0.384 e. The SMILES string of the molecule is NC(=O)CNC(=O)c1ccc(CNC(=O)c2cc(N)nc(Cl)c2)cc1. The minimum absolute atomic E-state index is 0.136. The number of amides is 3. The number of nitrogens with two attached hydrogens (primary N) is 2. The number of benzene rings is 1. The van der Waals surface area contributed by atoms with Crippen LogP contribution in [0.1, 0.15) is 26.3 Å². The number of aromatic nitrogens is 1. The summed E-state index contributed by atoms with van der Waals surface area (Å²) in [6.45, 7) is 0.0239. The summed E-state index contributed by atoms with van der Waals surface area (Å²) in [6, 6.07) is 9.38. The molecule has 0 saturated heterocycles. The lowest BCUT2D eigenvalue weighted by Crippen LogP contribution is -2.33. The predicted molar refractivity (Wildman–Crippen MR) is 92.8 cm³/mol. The van der Waals surface area contributed by atoms with Gasteiger partial charge >= 0.3 is 0 Å². The Balaban J connectivity index is 1.94. The molecule has 25 heavy (non-hydrogen) atoms. The lowest BCUT2D eigenvalue weighted by molar-refractivity contribution is -0.117. The van der Waals surface area contributed by atoms with E-state index in [4.69, 9.17) is 23.1 Å². The molecule has 2 rings (SSSR count). The normalized spacial score (nSPS) is 10.1. The van der Waals surface area contributed by atoms with E-state index in [1.54, 1.807) is 24.3 Å². The molecule has 1 heterocycles. The van der Waals surface area contributed by atoms with Gasteiger partial charge in [-0.2, -0.15) is 0 Å². The summed E-state index contributed by atoms with van der Waals surface area (Å²) in [5.74, 6) is -1.22. The van der Waals surface area contributed by atoms with Crippen LogP contribution in [0, 0.1) is 0 Å². The monoisotopic (exact) mass is 361 g/mol. The van der Waals surface area contributed by atoms with Crippen molar-refractivity contribution in [3.63, 3.8) is 0 Å². The highest BCUT2D eigenvalue weighted by atomic mass is 35.5. The van der Waals surface area contributed by atoms with Crippen molar-refractivity contribution < 1.29 is 14.4 Å². The van der Waals surface area contributed by atoms with Crippen molar-refractivity contribution in [2.75, 3.05) is 12.3 Å². The molecule has 0 unspecified atom stereocenters. The molecule has 3 amide bonds. The summed E-state index contributed by atoms with van der Waals surface area (Å²) < 4.78 is 0. The Hall–Kier alpha value is -3.13. The minimum atomic E-state index is -0.621. The Morgan fingerprint density at radius 2 is 1.64 bits per heavy atom. The van der Waals surface area contributed by atoms with Crippen LogP contribution in [0.25, 0.3) is 0 Å². The maximum atomic E-state index is 12.1. The van der Waals surface area contributed by atoms with Gasteiger partial charge in [-0.3, -0.25) is 14.4 Å². The highest BCUT2D eigenvalue weighted by Crippen LogP contribution is 2.12. The molecule has 0 aliphatic carbocycles. The van der Waals surface area contributed by atoms with Gasteiger partial charge in [-0.05, 0) is 29.8 Å². The fourth-order valence-corrected chi connectivity index (χ4v) is 2.19. The first-order chi connectivity index (χ1) is 11.8. The predicted octanol–water partition coefficient (Wildman–Crippen LogP) is 0.462. The zero-order valence-corrected chi connectivity index (χ0v) is 13.8. The van der Waals surface area contributed by atoms with Gasteiger partial charge in [-0.25, -0.2) is 4.98 Å². The number of anilines is 1. The molecule has 0 atom stereocenters. The van der Waals surface area contributed by atoms with Gasteiger partial charge < -0.3 is 22.1 Å². The standard InChI is InChI=1S/C16H16ClN5O3/c17-12-5-11(6-13(18)22-12)16(25)20-7-9-1-3-10(4-2-9)15(24)21-8-14(19)23/h1-6H,7-8H2,(H2,18,22)(H2,19,23)(H,20,25)(H,21,24). The molecule has 0 radical (unpaired) electrons. The molecule has 2 aromatic rings. The third kappa shape index (κ3) is 5.47. The van der Waals surface area contributed by atoms with E-state index in [9.17, 15) is 14.4 Å². The number of pyridine rings is 1. The van der Waals surface area contributed by atoms with Gasteiger partial charge in [0, 0.05) is 17.7 Å². The molecular formula is C16H16ClN5O3. The second kappa shape index (κ2) is 8.11. The van der Waals surface area contributed by atoms with Gasteiger partial charge in [0.05, 0.1) is 6.54 Å². The van der Waals surface area contributed by atoms with E-state index in [0.29, 0.717) is 11.1 Å². The van der Waals surface area contributed by atoms with Crippen molar-refractivity contribution in [3.05, 3.63) is 58.2 Å². The quantitative estimate of drug-likeness (QED) is 0.553. The topological polar surface area (TPSA) is 140 Å². The first-order valence-corrected chi connectivity index (χ1v) is 7.59. The molecule has 0 spiro atoms. The van der Waals surface area contributed by atoms with E-state index in [2.05, 4.69) is 15.6 Å². The molecule has 0 aliphatic heterocycles. The Morgan fingerprint density at radius 1 is 1.00 bits per heavy atom. The lowest BCUT2D eigenvalue weighted by atomic mass is 10.1. The van der Waals surface area contributed by atoms with Crippen LogP contribution in [0.3, 0.4) is 0 Å². The van der Waals surface area contributed by atoms with Gasteiger partial charge in [-0.1, -0.05) is 23.7 Å². The number of carbonyl (C=O) groups is 3. The molecule has 1 aromatic carbocycles. The summed E-state index contributed by atoms with van der Waals surface area (Å²) in [5.41, 5.74) is 12.0. The van der Waals surface area contributed by atoms with Crippen LogP contribution < -0.4 is 22.1 Å². The number of hydrogen-bond acceptors (Lipinski definition) is 5. The second-order valence-corrected chi connectivity index (χ2v) is 5.52. The molecule has 0 fully saturated rings. The average molecular weight is 362 g/mol. The molecule has 0 aliphatic rings. The number of primary amides is 1. The third-order valence-electron chi connectivity index (χ3n) is 3.17. The van der Waals surface area contributed by atoms with E-state index in [1.165, 1.54) is 12.1 Å². The zero-order chi connectivity index (χ0) is 18.4. The molecular weight excluding hydrogens is 346 g/mol. The van der Waals surface area contributed by atoms with E-state index < -0.39 is 11.8 Å². The summed E-state index contributed by atoms with van der Waals surface area (Å²) >= 11 is 5.77. The summed E-state index contributed by atoms with van der Waals surface area (Å²) in [5, 5.41) is 5.24. The smallest absolute Gasteiger partial charge is 0.251 e. The van der Waals surface area contributed by atoms with Crippen LogP contribution >= 0.6 is 11.6 Å². The van der Waals surface area contributed by atoms with Gasteiger partial charge in [0.15, 0.2) is 0 Å². The first kappa shape index (κ1) is 18.2. The fourth-order valence-electron chi connectivity index (χ4n) is 1.98. The van der Waals surface area contributed by atoms with Crippen LogP contribution in [-0.4, -0.2) is 29.3 Å². The molecule has 0 saturated carbocycles. The number of nitrogen functional groups attached to an aromatic ring is 1. The Kier molecular flexibility index (Phi) is 5.91. The van der Waals surface area contributed by atoms with Gasteiger partial charge in [0.2, 0.25) is 5.91 Å². The highest BCUT2D eigenvalue weighted by Gasteiger charge is 2.09. The lowest BCUT2D eigenvalue weighted by Gasteiger charge is -2.07. The number of rotatable bonds is 6. The molecule has 6 N–H and O–H groups in total. The average Bonchev–Trinajstić information content (AvgIpc) is 2.57. The number of hydrogen-bond donors (Lipinski definition) is 4. The van der Waals surface area contributed by atoms with E-state index in [-0.39, 0.29) is 30.0 Å². The van der Waals surface area contributed by atoms with Crippen molar-refractivity contribution in [3.8, 4) is 0 Å². The maximum Gasteiger partial charge on any atom is 0.251 e. The third-order valence-corrected chi connectivity index (χ3v) is 3.36. The number of carbonyl (C=O) groups excluding carboxylic acids is 3. The highest BCUT2D eigenvalue weighted by molar-refractivity contribution is 6.29. The summed E-state index contributed by atoms with van der Waals surface area (Å²) in [7, 11) is 0. The molecule has 0 bridgehead atoms. The van der Waals surface area contributed by atoms with E-state index in [1.807, 2.05) is 0 Å². The van der Waals surface area contributed by atoms with Gasteiger partial charge in [-0.15, -0.1) is 0 Å². The van der Waals surface area contributed by atoms with E-state index >= 15 is 0 Å². The molecule has 130 valence electrons.